The molecule has 3 rings (SSSR count). The van der Waals surface area contributed by atoms with Crippen LogP contribution < -0.4 is 14.8 Å². The van der Waals surface area contributed by atoms with Gasteiger partial charge in [0.05, 0.1) is 26.7 Å². The van der Waals surface area contributed by atoms with E-state index < -0.39 is 0 Å². The van der Waals surface area contributed by atoms with Crippen LogP contribution in [-0.4, -0.2) is 34.9 Å². The van der Waals surface area contributed by atoms with E-state index >= 15 is 0 Å². The zero-order valence-electron chi connectivity index (χ0n) is 11.5. The van der Waals surface area contributed by atoms with Gasteiger partial charge in [0.2, 0.25) is 11.9 Å². The first-order valence-electron chi connectivity index (χ1n) is 6.24. The van der Waals surface area contributed by atoms with Crippen LogP contribution in [-0.2, 0) is 4.79 Å². The van der Waals surface area contributed by atoms with Gasteiger partial charge in [-0.1, -0.05) is 15.9 Å². The van der Waals surface area contributed by atoms with Crippen molar-refractivity contribution in [1.29, 1.82) is 0 Å². The van der Waals surface area contributed by atoms with Gasteiger partial charge < -0.3 is 9.47 Å². The summed E-state index contributed by atoms with van der Waals surface area (Å²) in [6.07, 6.45) is 1.70. The number of nitrogens with one attached hydrogen (secondary N) is 1. The normalized spacial score (nSPS) is 17.1. The van der Waals surface area contributed by atoms with Gasteiger partial charge in [0, 0.05) is 4.47 Å². The Labute approximate surface area is 129 Å². The number of fused-ring (bicyclic) bond motifs is 1. The number of carbonyl (C=O) groups excluding carboxylic acids is 1. The standard InChI is InChI=1S/C13H13BrN4O3/c1-20-10-3-7(8(14)4-11(10)21-2)9-5-12(19)17-13-15-6-16-18(9)13/h3-4,6,9H,5H2,1-2H3,(H,15,16,17,19)/t9-/m0/s1. The summed E-state index contributed by atoms with van der Waals surface area (Å²) in [4.78, 5) is 15.9. The number of rotatable bonds is 3. The fourth-order valence-electron chi connectivity index (χ4n) is 2.37. The average molecular weight is 353 g/mol. The highest BCUT2D eigenvalue weighted by molar-refractivity contribution is 9.10. The van der Waals surface area contributed by atoms with E-state index in [1.165, 1.54) is 6.33 Å². The summed E-state index contributed by atoms with van der Waals surface area (Å²) < 4.78 is 13.1. The molecule has 1 aliphatic heterocycles. The maximum atomic E-state index is 11.8. The first-order chi connectivity index (χ1) is 10.1. The van der Waals surface area contributed by atoms with E-state index in [1.54, 1.807) is 18.9 Å². The fraction of sp³-hybridized carbons (Fsp3) is 0.308. The van der Waals surface area contributed by atoms with Gasteiger partial charge in [0.15, 0.2) is 11.5 Å². The molecule has 1 amide bonds. The highest BCUT2D eigenvalue weighted by Gasteiger charge is 2.29. The summed E-state index contributed by atoms with van der Waals surface area (Å²) in [6, 6.07) is 3.42. The molecule has 0 fully saturated rings. The molecule has 0 aliphatic carbocycles. The molecule has 1 aromatic heterocycles. The van der Waals surface area contributed by atoms with Gasteiger partial charge in [-0.15, -0.1) is 0 Å². The second-order valence-electron chi connectivity index (χ2n) is 4.53. The van der Waals surface area contributed by atoms with E-state index in [0.29, 0.717) is 17.4 Å². The van der Waals surface area contributed by atoms with Crippen LogP contribution >= 0.6 is 15.9 Å². The zero-order valence-corrected chi connectivity index (χ0v) is 13.0. The number of nitrogens with zero attached hydrogens (tertiary/aromatic N) is 3. The summed E-state index contributed by atoms with van der Waals surface area (Å²) in [5.74, 6) is 1.57. The van der Waals surface area contributed by atoms with E-state index in [1.807, 2.05) is 12.1 Å². The third-order valence-electron chi connectivity index (χ3n) is 3.36. The van der Waals surface area contributed by atoms with Crippen molar-refractivity contribution in [1.82, 2.24) is 14.8 Å². The minimum atomic E-state index is -0.245. The zero-order chi connectivity index (χ0) is 15.0. The molecule has 7 nitrogen and oxygen atoms in total. The molecular formula is C13H13BrN4O3. The highest BCUT2D eigenvalue weighted by Crippen LogP contribution is 2.39. The number of hydrogen-bond donors (Lipinski definition) is 1. The molecule has 1 aliphatic rings. The molecule has 2 heterocycles. The maximum Gasteiger partial charge on any atom is 0.229 e. The van der Waals surface area contributed by atoms with Crippen molar-refractivity contribution in [3.63, 3.8) is 0 Å². The number of methoxy groups -OCH3 is 2. The lowest BCUT2D eigenvalue weighted by Crippen LogP contribution is -2.29. The second kappa shape index (κ2) is 5.36. The Morgan fingerprint density at radius 1 is 1.33 bits per heavy atom. The molecular weight excluding hydrogens is 340 g/mol. The Bertz CT molecular complexity index is 701. The summed E-state index contributed by atoms with van der Waals surface area (Å²) in [6.45, 7) is 0. The van der Waals surface area contributed by atoms with Crippen molar-refractivity contribution in [2.75, 3.05) is 19.5 Å². The van der Waals surface area contributed by atoms with E-state index in [4.69, 9.17) is 9.47 Å². The lowest BCUT2D eigenvalue weighted by Gasteiger charge is -2.25. The largest absolute Gasteiger partial charge is 0.493 e. The SMILES string of the molecule is COc1cc(Br)c([C@@H]2CC(=O)Nc3ncnn32)cc1OC. The molecule has 0 unspecified atom stereocenters. The number of aromatic nitrogens is 3. The van der Waals surface area contributed by atoms with Crippen molar-refractivity contribution < 1.29 is 14.3 Å². The van der Waals surface area contributed by atoms with Crippen LogP contribution in [0.15, 0.2) is 22.9 Å². The smallest absolute Gasteiger partial charge is 0.229 e. The van der Waals surface area contributed by atoms with Crippen molar-refractivity contribution in [2.24, 2.45) is 0 Å². The van der Waals surface area contributed by atoms with Crippen LogP contribution in [0.2, 0.25) is 0 Å². The molecule has 110 valence electrons. The first-order valence-corrected chi connectivity index (χ1v) is 7.04. The van der Waals surface area contributed by atoms with Gasteiger partial charge in [-0.2, -0.15) is 10.1 Å². The minimum Gasteiger partial charge on any atom is -0.493 e. The topological polar surface area (TPSA) is 78.3 Å². The second-order valence-corrected chi connectivity index (χ2v) is 5.38. The lowest BCUT2D eigenvalue weighted by atomic mass is 10.0. The van der Waals surface area contributed by atoms with E-state index in [0.717, 1.165) is 10.0 Å². The molecule has 0 radical (unpaired) electrons. The molecule has 1 aromatic carbocycles. The number of anilines is 1. The molecule has 0 saturated heterocycles. The molecule has 1 N–H and O–H groups in total. The van der Waals surface area contributed by atoms with Crippen LogP contribution in [0.3, 0.4) is 0 Å². The van der Waals surface area contributed by atoms with Gasteiger partial charge in [-0.25, -0.2) is 4.68 Å². The van der Waals surface area contributed by atoms with Crippen molar-refractivity contribution in [2.45, 2.75) is 12.5 Å². The molecule has 8 heteroatoms. The predicted molar refractivity (Wildman–Crippen MR) is 78.7 cm³/mol. The fourth-order valence-corrected chi connectivity index (χ4v) is 2.96. The van der Waals surface area contributed by atoms with Crippen LogP contribution in [0.5, 0.6) is 11.5 Å². The number of ether oxygens (including phenoxy) is 2. The van der Waals surface area contributed by atoms with Gasteiger partial charge in [0.25, 0.3) is 0 Å². The summed E-state index contributed by atoms with van der Waals surface area (Å²) >= 11 is 3.52. The van der Waals surface area contributed by atoms with Crippen molar-refractivity contribution >= 4 is 27.8 Å². The number of amides is 1. The van der Waals surface area contributed by atoms with E-state index in [2.05, 4.69) is 31.3 Å². The minimum absolute atomic E-state index is 0.0952. The van der Waals surface area contributed by atoms with E-state index in [9.17, 15) is 4.79 Å². The molecule has 1 atom stereocenters. The summed E-state index contributed by atoms with van der Waals surface area (Å²) in [5.41, 5.74) is 0.884. The van der Waals surface area contributed by atoms with Gasteiger partial charge in [-0.3, -0.25) is 10.1 Å². The monoisotopic (exact) mass is 352 g/mol. The molecule has 21 heavy (non-hydrogen) atoms. The Morgan fingerprint density at radius 3 is 2.76 bits per heavy atom. The quantitative estimate of drug-likeness (QED) is 0.913. The van der Waals surface area contributed by atoms with Crippen LogP contribution in [0, 0.1) is 0 Å². The van der Waals surface area contributed by atoms with Gasteiger partial charge >= 0.3 is 0 Å². The van der Waals surface area contributed by atoms with Crippen LogP contribution in [0.25, 0.3) is 0 Å². The lowest BCUT2D eigenvalue weighted by molar-refractivity contribution is -0.117. The summed E-state index contributed by atoms with van der Waals surface area (Å²) in [7, 11) is 3.15. The highest BCUT2D eigenvalue weighted by atomic mass is 79.9. The molecule has 0 spiro atoms. The van der Waals surface area contributed by atoms with Crippen molar-refractivity contribution in [3.05, 3.63) is 28.5 Å². The Kier molecular flexibility index (Phi) is 3.54. The third kappa shape index (κ3) is 2.35. The Morgan fingerprint density at radius 2 is 2.05 bits per heavy atom. The van der Waals surface area contributed by atoms with E-state index in [-0.39, 0.29) is 18.4 Å². The predicted octanol–water partition coefficient (Wildman–Crippen LogP) is 1.99. The van der Waals surface area contributed by atoms with Gasteiger partial charge in [-0.05, 0) is 17.7 Å². The third-order valence-corrected chi connectivity index (χ3v) is 4.05. The number of benzene rings is 1. The Hall–Kier alpha value is -2.09. The summed E-state index contributed by atoms with van der Waals surface area (Å²) in [5, 5.41) is 6.88. The first kappa shape index (κ1) is 13.9. The molecule has 0 bridgehead atoms. The van der Waals surface area contributed by atoms with Gasteiger partial charge in [0.1, 0.15) is 6.33 Å². The van der Waals surface area contributed by atoms with Crippen LogP contribution in [0.4, 0.5) is 5.95 Å². The molecule has 2 aromatic rings. The average Bonchev–Trinajstić information content (AvgIpc) is 2.94. The molecule has 0 saturated carbocycles. The Balaban J connectivity index is 2.11. The number of halogens is 1. The van der Waals surface area contributed by atoms with Crippen LogP contribution in [0.1, 0.15) is 18.0 Å². The maximum absolute atomic E-state index is 11.8. The number of carbonyl (C=O) groups is 1. The van der Waals surface area contributed by atoms with Crippen molar-refractivity contribution in [3.8, 4) is 11.5 Å². The number of hydrogen-bond acceptors (Lipinski definition) is 5.